The highest BCUT2D eigenvalue weighted by Crippen LogP contribution is 2.11. The smallest absolute Gasteiger partial charge is 0.273 e. The van der Waals surface area contributed by atoms with Gasteiger partial charge in [-0.2, -0.15) is 0 Å². The molecule has 0 unspecified atom stereocenters. The van der Waals surface area contributed by atoms with Crippen molar-refractivity contribution in [2.24, 2.45) is 0 Å². The molecule has 7 nitrogen and oxygen atoms in total. The fourth-order valence-corrected chi connectivity index (χ4v) is 1.56. The van der Waals surface area contributed by atoms with Crippen molar-refractivity contribution in [1.29, 1.82) is 0 Å². The quantitative estimate of drug-likeness (QED) is 0.631. The van der Waals surface area contributed by atoms with Gasteiger partial charge < -0.3 is 20.6 Å². The highest BCUT2D eigenvalue weighted by atomic mass is 16.3. The lowest BCUT2D eigenvalue weighted by molar-refractivity contribution is 0.00304. The van der Waals surface area contributed by atoms with E-state index in [1.54, 1.807) is 26.2 Å². The summed E-state index contributed by atoms with van der Waals surface area (Å²) in [5.41, 5.74) is -0.408. The molecule has 2 heterocycles. The van der Waals surface area contributed by atoms with Crippen molar-refractivity contribution in [3.8, 4) is 0 Å². The Kier molecular flexibility index (Phi) is 3.44. The number of hydrogen-bond acceptors (Lipinski definition) is 6. The minimum absolute atomic E-state index is 0.184. The third kappa shape index (κ3) is 2.74. The molecule has 0 aromatic carbocycles. The van der Waals surface area contributed by atoms with Crippen LogP contribution in [0.1, 0.15) is 10.5 Å². The number of carbonyl (C=O) groups excluding carboxylic acids is 1. The Bertz CT molecular complexity index is 428. The molecule has 1 aromatic heterocycles. The molecular weight excluding hydrogens is 234 g/mol. The van der Waals surface area contributed by atoms with Crippen LogP contribution >= 0.6 is 0 Å². The average Bonchev–Trinajstić information content (AvgIpc) is 2.33. The van der Waals surface area contributed by atoms with Crippen LogP contribution in [0.4, 0.5) is 5.82 Å². The van der Waals surface area contributed by atoms with Gasteiger partial charge in [-0.25, -0.2) is 0 Å². The van der Waals surface area contributed by atoms with E-state index in [1.165, 1.54) is 4.90 Å². The molecule has 98 valence electrons. The van der Waals surface area contributed by atoms with Crippen LogP contribution in [0.15, 0.2) is 12.1 Å². The van der Waals surface area contributed by atoms with Crippen molar-refractivity contribution in [1.82, 2.24) is 20.4 Å². The van der Waals surface area contributed by atoms with Gasteiger partial charge in [0, 0.05) is 33.7 Å². The van der Waals surface area contributed by atoms with Gasteiger partial charge in [0.25, 0.3) is 5.91 Å². The zero-order valence-corrected chi connectivity index (χ0v) is 10.5. The number of hydrogen-bond donors (Lipinski definition) is 3. The number of rotatable bonds is 4. The molecule has 1 aliphatic rings. The molecule has 1 fully saturated rings. The van der Waals surface area contributed by atoms with E-state index in [9.17, 15) is 9.90 Å². The molecular formula is C11H17N5O2. The number of β-amino-alcohol motifs (C(OH)–C–C–N with tert-alkyl or cyclic N) is 1. The monoisotopic (exact) mass is 251 g/mol. The number of amides is 1. The number of anilines is 1. The van der Waals surface area contributed by atoms with Crippen molar-refractivity contribution in [3.63, 3.8) is 0 Å². The maximum atomic E-state index is 11.6. The maximum Gasteiger partial charge on any atom is 0.273 e. The summed E-state index contributed by atoms with van der Waals surface area (Å²) in [6.45, 7) is 1.56. The van der Waals surface area contributed by atoms with Crippen LogP contribution in [0.2, 0.25) is 0 Å². The van der Waals surface area contributed by atoms with E-state index in [0.29, 0.717) is 31.1 Å². The van der Waals surface area contributed by atoms with Crippen LogP contribution in [0.25, 0.3) is 0 Å². The topological polar surface area (TPSA) is 90.4 Å². The van der Waals surface area contributed by atoms with E-state index in [1.807, 2.05) is 0 Å². The minimum atomic E-state index is -0.709. The molecule has 1 aromatic rings. The summed E-state index contributed by atoms with van der Waals surface area (Å²) in [6, 6.07) is 3.29. The van der Waals surface area contributed by atoms with Gasteiger partial charge in [0.1, 0.15) is 11.4 Å². The molecule has 1 amide bonds. The van der Waals surface area contributed by atoms with E-state index in [4.69, 9.17) is 0 Å². The van der Waals surface area contributed by atoms with Crippen molar-refractivity contribution in [2.45, 2.75) is 5.60 Å². The molecule has 7 heteroatoms. The maximum absolute atomic E-state index is 11.6. The summed E-state index contributed by atoms with van der Waals surface area (Å²) in [5.74, 6) is 0.363. The molecule has 0 radical (unpaired) electrons. The molecule has 0 aliphatic carbocycles. The number of carbonyl (C=O) groups is 1. The van der Waals surface area contributed by atoms with E-state index in [2.05, 4.69) is 20.8 Å². The second kappa shape index (κ2) is 4.87. The largest absolute Gasteiger partial charge is 0.385 e. The van der Waals surface area contributed by atoms with Gasteiger partial charge in [0.2, 0.25) is 0 Å². The SMILES string of the molecule is CN(C)C(=O)c1ccc(NCC2(O)CNC2)nn1. The molecule has 0 saturated carbocycles. The fraction of sp³-hybridized carbons (Fsp3) is 0.545. The van der Waals surface area contributed by atoms with Crippen LogP contribution in [-0.2, 0) is 0 Å². The van der Waals surface area contributed by atoms with Crippen molar-refractivity contribution >= 4 is 11.7 Å². The molecule has 1 saturated heterocycles. The second-order valence-corrected chi connectivity index (χ2v) is 4.68. The highest BCUT2D eigenvalue weighted by molar-refractivity contribution is 5.91. The summed E-state index contributed by atoms with van der Waals surface area (Å²) in [7, 11) is 3.32. The van der Waals surface area contributed by atoms with Gasteiger partial charge in [-0.15, -0.1) is 10.2 Å². The molecule has 1 aliphatic heterocycles. The van der Waals surface area contributed by atoms with Gasteiger partial charge >= 0.3 is 0 Å². The van der Waals surface area contributed by atoms with E-state index in [0.717, 1.165) is 0 Å². The van der Waals surface area contributed by atoms with Crippen molar-refractivity contribution in [2.75, 3.05) is 39.0 Å². The summed E-state index contributed by atoms with van der Waals surface area (Å²) in [6.07, 6.45) is 0. The second-order valence-electron chi connectivity index (χ2n) is 4.68. The van der Waals surface area contributed by atoms with E-state index >= 15 is 0 Å². The van der Waals surface area contributed by atoms with E-state index < -0.39 is 5.60 Å². The molecule has 0 bridgehead atoms. The first-order chi connectivity index (χ1) is 8.50. The van der Waals surface area contributed by atoms with Crippen LogP contribution in [-0.4, -0.2) is 65.4 Å². The minimum Gasteiger partial charge on any atom is -0.385 e. The Morgan fingerprint density at radius 2 is 2.22 bits per heavy atom. The fourth-order valence-electron chi connectivity index (χ4n) is 1.56. The summed E-state index contributed by atoms with van der Waals surface area (Å²) >= 11 is 0. The predicted octanol–water partition coefficient (Wildman–Crippen LogP) is -1.08. The van der Waals surface area contributed by atoms with Gasteiger partial charge in [0.15, 0.2) is 5.69 Å². The summed E-state index contributed by atoms with van der Waals surface area (Å²) in [4.78, 5) is 13.0. The molecule has 18 heavy (non-hydrogen) atoms. The lowest BCUT2D eigenvalue weighted by atomic mass is 9.97. The van der Waals surface area contributed by atoms with E-state index in [-0.39, 0.29) is 5.91 Å². The number of nitrogens with zero attached hydrogens (tertiary/aromatic N) is 3. The van der Waals surface area contributed by atoms with Gasteiger partial charge in [0.05, 0.1) is 0 Å². The molecule has 2 rings (SSSR count). The first kappa shape index (κ1) is 12.7. The predicted molar refractivity (Wildman–Crippen MR) is 66.4 cm³/mol. The molecule has 3 N–H and O–H groups in total. The number of aliphatic hydroxyl groups is 1. The Morgan fingerprint density at radius 3 is 2.67 bits per heavy atom. The van der Waals surface area contributed by atoms with Crippen molar-refractivity contribution in [3.05, 3.63) is 17.8 Å². The Balaban J connectivity index is 1.93. The standard InChI is InChI=1S/C11H17N5O2/c1-16(2)10(17)8-3-4-9(15-14-8)13-7-11(18)5-12-6-11/h3-4,12,18H,5-7H2,1-2H3,(H,13,15). The lowest BCUT2D eigenvalue weighted by Gasteiger charge is -2.37. The van der Waals surface area contributed by atoms with Crippen molar-refractivity contribution < 1.29 is 9.90 Å². The highest BCUT2D eigenvalue weighted by Gasteiger charge is 2.33. The third-order valence-electron chi connectivity index (χ3n) is 2.80. The summed E-state index contributed by atoms with van der Waals surface area (Å²) < 4.78 is 0. The summed E-state index contributed by atoms with van der Waals surface area (Å²) in [5, 5.41) is 23.6. The lowest BCUT2D eigenvalue weighted by Crippen LogP contribution is -2.63. The number of nitrogens with one attached hydrogen (secondary N) is 2. The Labute approximate surface area is 105 Å². The van der Waals surface area contributed by atoms with Crippen LogP contribution in [0, 0.1) is 0 Å². The van der Waals surface area contributed by atoms with Gasteiger partial charge in [-0.1, -0.05) is 0 Å². The number of aromatic nitrogens is 2. The normalized spacial score (nSPS) is 16.8. The third-order valence-corrected chi connectivity index (χ3v) is 2.80. The van der Waals surface area contributed by atoms with Gasteiger partial charge in [-0.05, 0) is 12.1 Å². The average molecular weight is 251 g/mol. The molecule has 0 atom stereocenters. The van der Waals surface area contributed by atoms with Crippen LogP contribution in [0.5, 0.6) is 0 Å². The first-order valence-corrected chi connectivity index (χ1v) is 5.72. The van der Waals surface area contributed by atoms with Crippen LogP contribution in [0.3, 0.4) is 0 Å². The Hall–Kier alpha value is -1.73. The van der Waals surface area contributed by atoms with Gasteiger partial charge in [-0.3, -0.25) is 4.79 Å². The zero-order chi connectivity index (χ0) is 13.2. The molecule has 0 spiro atoms. The first-order valence-electron chi connectivity index (χ1n) is 5.72. The Morgan fingerprint density at radius 1 is 1.50 bits per heavy atom. The zero-order valence-electron chi connectivity index (χ0n) is 10.5. The van der Waals surface area contributed by atoms with Crippen LogP contribution < -0.4 is 10.6 Å².